The van der Waals surface area contributed by atoms with Crippen LogP contribution in [-0.2, 0) is 7.05 Å². The molecular formula is C21H28N+. The third kappa shape index (κ3) is 2.95. The molecule has 1 saturated carbocycles. The molecule has 2 aromatic rings. The second-order valence-corrected chi connectivity index (χ2v) is 7.17. The van der Waals surface area contributed by atoms with Crippen LogP contribution in [-0.4, -0.2) is 0 Å². The average Bonchev–Trinajstić information content (AvgIpc) is 3.02. The predicted molar refractivity (Wildman–Crippen MR) is 93.1 cm³/mol. The van der Waals surface area contributed by atoms with E-state index in [0.29, 0.717) is 5.92 Å². The van der Waals surface area contributed by atoms with E-state index in [9.17, 15) is 0 Å². The maximum Gasteiger partial charge on any atom is 0.212 e. The van der Waals surface area contributed by atoms with Gasteiger partial charge in [0, 0.05) is 17.7 Å². The van der Waals surface area contributed by atoms with Crippen molar-refractivity contribution in [1.82, 2.24) is 0 Å². The molecule has 0 aliphatic heterocycles. The fraction of sp³-hybridized carbons (Fsp3) is 0.476. The zero-order valence-electron chi connectivity index (χ0n) is 14.4. The lowest BCUT2D eigenvalue weighted by Crippen LogP contribution is -2.31. The molecule has 0 spiro atoms. The maximum atomic E-state index is 2.42. The molecule has 1 nitrogen and oxygen atoms in total. The van der Waals surface area contributed by atoms with Gasteiger partial charge in [-0.05, 0) is 54.4 Å². The Hall–Kier alpha value is -1.63. The minimum Gasteiger partial charge on any atom is -0.201 e. The summed E-state index contributed by atoms with van der Waals surface area (Å²) in [5.41, 5.74) is 7.04. The van der Waals surface area contributed by atoms with Crippen LogP contribution < -0.4 is 4.57 Å². The number of aryl methyl sites for hydroxylation is 2. The number of aromatic nitrogens is 1. The molecule has 0 saturated heterocycles. The molecule has 0 unspecified atom stereocenters. The molecule has 1 aliphatic rings. The number of rotatable bonds is 3. The predicted octanol–water partition coefficient (Wildman–Crippen LogP) is 5.27. The van der Waals surface area contributed by atoms with Crippen LogP contribution in [0.4, 0.5) is 0 Å². The van der Waals surface area contributed by atoms with Gasteiger partial charge in [0.25, 0.3) is 0 Å². The zero-order valence-corrected chi connectivity index (χ0v) is 14.4. The van der Waals surface area contributed by atoms with Crippen LogP contribution >= 0.6 is 0 Å². The summed E-state index contributed by atoms with van der Waals surface area (Å²) >= 11 is 0. The van der Waals surface area contributed by atoms with Crippen molar-refractivity contribution in [3.8, 4) is 11.3 Å². The largest absolute Gasteiger partial charge is 0.212 e. The van der Waals surface area contributed by atoms with Crippen LogP contribution in [0.3, 0.4) is 0 Å². The van der Waals surface area contributed by atoms with Crippen molar-refractivity contribution >= 4 is 0 Å². The molecule has 1 aliphatic carbocycles. The Balaban J connectivity index is 2.01. The quantitative estimate of drug-likeness (QED) is 0.679. The molecule has 1 heterocycles. The Morgan fingerprint density at radius 2 is 1.77 bits per heavy atom. The molecule has 1 heteroatoms. The highest BCUT2D eigenvalue weighted by Crippen LogP contribution is 2.35. The van der Waals surface area contributed by atoms with Gasteiger partial charge in [0.2, 0.25) is 5.69 Å². The molecule has 22 heavy (non-hydrogen) atoms. The van der Waals surface area contributed by atoms with Crippen LogP contribution in [0, 0.1) is 6.92 Å². The Morgan fingerprint density at radius 1 is 1.05 bits per heavy atom. The van der Waals surface area contributed by atoms with E-state index in [1.165, 1.54) is 53.6 Å². The molecule has 0 bridgehead atoms. The molecular weight excluding hydrogens is 266 g/mol. The van der Waals surface area contributed by atoms with Crippen LogP contribution in [0.5, 0.6) is 0 Å². The van der Waals surface area contributed by atoms with Crippen molar-refractivity contribution in [2.75, 3.05) is 0 Å². The van der Waals surface area contributed by atoms with Gasteiger partial charge in [0.1, 0.15) is 7.05 Å². The first-order chi connectivity index (χ1) is 10.6. The summed E-state index contributed by atoms with van der Waals surface area (Å²) in [5, 5.41) is 0. The van der Waals surface area contributed by atoms with Crippen molar-refractivity contribution in [3.63, 3.8) is 0 Å². The highest BCUT2D eigenvalue weighted by molar-refractivity contribution is 5.62. The molecule has 3 rings (SSSR count). The van der Waals surface area contributed by atoms with E-state index in [0.717, 1.165) is 5.92 Å². The number of hydrogen-bond donors (Lipinski definition) is 0. The van der Waals surface area contributed by atoms with Crippen molar-refractivity contribution < 1.29 is 4.57 Å². The van der Waals surface area contributed by atoms with E-state index in [1.54, 1.807) is 0 Å². The summed E-state index contributed by atoms with van der Waals surface area (Å²) in [4.78, 5) is 0. The first-order valence-corrected chi connectivity index (χ1v) is 8.66. The molecule has 0 radical (unpaired) electrons. The second kappa shape index (κ2) is 6.24. The van der Waals surface area contributed by atoms with Crippen molar-refractivity contribution in [1.29, 1.82) is 0 Å². The van der Waals surface area contributed by atoms with Gasteiger partial charge in [-0.3, -0.25) is 0 Å². The van der Waals surface area contributed by atoms with Crippen LogP contribution in [0.2, 0.25) is 0 Å². The monoisotopic (exact) mass is 294 g/mol. The van der Waals surface area contributed by atoms with Gasteiger partial charge in [-0.25, -0.2) is 4.57 Å². The normalized spacial score (nSPS) is 15.7. The summed E-state index contributed by atoms with van der Waals surface area (Å²) in [6, 6.07) is 11.7. The third-order valence-corrected chi connectivity index (χ3v) is 5.19. The molecule has 0 atom stereocenters. The van der Waals surface area contributed by atoms with Crippen LogP contribution in [0.15, 0.2) is 36.5 Å². The molecule has 116 valence electrons. The Bertz CT molecular complexity index is 664. The molecule has 1 fully saturated rings. The van der Waals surface area contributed by atoms with Crippen LogP contribution in [0.25, 0.3) is 11.3 Å². The summed E-state index contributed by atoms with van der Waals surface area (Å²) in [6.07, 6.45) is 7.74. The van der Waals surface area contributed by atoms with E-state index in [-0.39, 0.29) is 0 Å². The van der Waals surface area contributed by atoms with Gasteiger partial charge in [0.05, 0.1) is 0 Å². The smallest absolute Gasteiger partial charge is 0.201 e. The number of nitrogens with zero attached hydrogens (tertiary/aromatic N) is 1. The summed E-state index contributed by atoms with van der Waals surface area (Å²) in [5.74, 6) is 1.36. The minimum atomic E-state index is 0.589. The van der Waals surface area contributed by atoms with E-state index < -0.39 is 0 Å². The first kappa shape index (κ1) is 15.3. The van der Waals surface area contributed by atoms with Gasteiger partial charge in [0.15, 0.2) is 6.20 Å². The van der Waals surface area contributed by atoms with Gasteiger partial charge >= 0.3 is 0 Å². The topological polar surface area (TPSA) is 3.88 Å². The Morgan fingerprint density at radius 3 is 2.41 bits per heavy atom. The van der Waals surface area contributed by atoms with E-state index in [1.807, 2.05) is 0 Å². The number of benzene rings is 1. The fourth-order valence-electron chi connectivity index (χ4n) is 3.70. The third-order valence-electron chi connectivity index (χ3n) is 5.19. The zero-order chi connectivity index (χ0) is 15.7. The first-order valence-electron chi connectivity index (χ1n) is 8.66. The van der Waals surface area contributed by atoms with Crippen molar-refractivity contribution in [2.45, 2.75) is 58.3 Å². The molecule has 0 amide bonds. The molecule has 1 aromatic heterocycles. The highest BCUT2D eigenvalue weighted by atomic mass is 14.9. The van der Waals surface area contributed by atoms with Crippen molar-refractivity contribution in [2.24, 2.45) is 7.05 Å². The number of pyridine rings is 1. The van der Waals surface area contributed by atoms with Gasteiger partial charge in [-0.1, -0.05) is 38.8 Å². The van der Waals surface area contributed by atoms with E-state index in [2.05, 4.69) is 68.9 Å². The minimum absolute atomic E-state index is 0.589. The van der Waals surface area contributed by atoms with Crippen LogP contribution in [0.1, 0.15) is 68.1 Å². The summed E-state index contributed by atoms with van der Waals surface area (Å²) in [6.45, 7) is 6.76. The lowest BCUT2D eigenvalue weighted by molar-refractivity contribution is -0.660. The SMILES string of the molecule is Cc1cc(C(C)C)ccc1-c1cc(C2CCCC2)cc[n+]1C. The Kier molecular flexibility index (Phi) is 4.33. The van der Waals surface area contributed by atoms with Gasteiger partial charge in [-0.2, -0.15) is 0 Å². The van der Waals surface area contributed by atoms with E-state index in [4.69, 9.17) is 0 Å². The highest BCUT2D eigenvalue weighted by Gasteiger charge is 2.21. The van der Waals surface area contributed by atoms with Crippen molar-refractivity contribution in [3.05, 3.63) is 53.2 Å². The molecule has 0 N–H and O–H groups in total. The summed E-state index contributed by atoms with van der Waals surface area (Å²) in [7, 11) is 2.16. The average molecular weight is 294 g/mol. The Labute approximate surface area is 135 Å². The standard InChI is InChI=1S/C21H28N/c1-15(2)18-9-10-20(16(3)13-18)21-14-19(11-12-22(21)4)17-7-5-6-8-17/h9-15,17H,5-8H2,1-4H3/q+1. The van der Waals surface area contributed by atoms with Gasteiger partial charge < -0.3 is 0 Å². The van der Waals surface area contributed by atoms with E-state index >= 15 is 0 Å². The fourth-order valence-corrected chi connectivity index (χ4v) is 3.70. The lowest BCUT2D eigenvalue weighted by atomic mass is 9.93. The molecule has 1 aromatic carbocycles. The lowest BCUT2D eigenvalue weighted by Gasteiger charge is -2.13. The van der Waals surface area contributed by atoms with Gasteiger partial charge in [-0.15, -0.1) is 0 Å². The number of hydrogen-bond acceptors (Lipinski definition) is 0. The second-order valence-electron chi connectivity index (χ2n) is 7.17. The maximum absolute atomic E-state index is 2.42. The summed E-state index contributed by atoms with van der Waals surface area (Å²) < 4.78 is 2.26.